The Kier molecular flexibility index (Phi) is 3.55. The number of carbonyl (C=O) groups excluding carboxylic acids is 1. The number of carbonyl (C=O) groups is 1. The summed E-state index contributed by atoms with van der Waals surface area (Å²) in [5.74, 6) is 0.893. The first-order valence-corrected chi connectivity index (χ1v) is 11.2. The minimum absolute atomic E-state index is 0.0108. The van der Waals surface area contributed by atoms with E-state index in [0.29, 0.717) is 6.61 Å². The number of rotatable bonds is 3. The van der Waals surface area contributed by atoms with Crippen LogP contribution in [-0.2, 0) is 18.4 Å². The number of allylic oxidation sites excluding steroid dienone is 1. The van der Waals surface area contributed by atoms with Gasteiger partial charge in [-0.1, -0.05) is 30.3 Å². The predicted molar refractivity (Wildman–Crippen MR) is 117 cm³/mol. The number of nitrogens with zero attached hydrogens (tertiary/aromatic N) is 1. The van der Waals surface area contributed by atoms with Crippen molar-refractivity contribution in [2.45, 2.75) is 58.0 Å². The number of ether oxygens (including phenoxy) is 1. The third kappa shape index (κ3) is 2.00. The number of hydrogen-bond donors (Lipinski definition) is 1. The van der Waals surface area contributed by atoms with Crippen LogP contribution in [0.25, 0.3) is 5.57 Å². The van der Waals surface area contributed by atoms with Crippen LogP contribution in [0.5, 0.6) is 5.75 Å². The maximum atomic E-state index is 13.4. The van der Waals surface area contributed by atoms with E-state index in [4.69, 9.17) is 4.74 Å². The van der Waals surface area contributed by atoms with Crippen molar-refractivity contribution in [2.75, 3.05) is 6.61 Å². The van der Waals surface area contributed by atoms with Gasteiger partial charge >= 0.3 is 6.03 Å². The zero-order valence-electron chi connectivity index (χ0n) is 17.9. The van der Waals surface area contributed by atoms with Crippen LogP contribution < -0.4 is 10.1 Å². The van der Waals surface area contributed by atoms with Gasteiger partial charge < -0.3 is 10.1 Å². The van der Waals surface area contributed by atoms with E-state index in [1.54, 1.807) is 0 Å². The van der Waals surface area contributed by atoms with E-state index < -0.39 is 5.54 Å². The number of hydrogen-bond acceptors (Lipinski definition) is 2. The third-order valence-corrected chi connectivity index (χ3v) is 7.76. The van der Waals surface area contributed by atoms with Crippen LogP contribution in [0.3, 0.4) is 0 Å². The molecule has 4 aliphatic rings. The predicted octanol–water partition coefficient (Wildman–Crippen LogP) is 5.02. The molecule has 4 nitrogen and oxygen atoms in total. The number of nitrogens with one attached hydrogen (secondary N) is 1. The summed E-state index contributed by atoms with van der Waals surface area (Å²) >= 11 is 0. The first kappa shape index (κ1) is 18.1. The highest BCUT2D eigenvalue weighted by Crippen LogP contribution is 2.69. The van der Waals surface area contributed by atoms with Crippen LogP contribution in [0, 0.1) is 5.41 Å². The topological polar surface area (TPSA) is 41.6 Å². The molecule has 154 valence electrons. The maximum absolute atomic E-state index is 13.4. The van der Waals surface area contributed by atoms with Gasteiger partial charge in [-0.3, -0.25) is 4.90 Å². The summed E-state index contributed by atoms with van der Waals surface area (Å²) in [5, 5.41) is 3.54. The quantitative estimate of drug-likeness (QED) is 0.786. The number of amides is 2. The number of benzene rings is 2. The van der Waals surface area contributed by atoms with Gasteiger partial charge in [-0.25, -0.2) is 4.79 Å². The second kappa shape index (κ2) is 5.90. The van der Waals surface area contributed by atoms with E-state index >= 15 is 0 Å². The summed E-state index contributed by atoms with van der Waals surface area (Å²) in [5.41, 5.74) is 7.45. The highest BCUT2D eigenvalue weighted by molar-refractivity contribution is 5.92. The Hall–Kier alpha value is -2.75. The van der Waals surface area contributed by atoms with Gasteiger partial charge in [0.25, 0.3) is 0 Å². The van der Waals surface area contributed by atoms with Crippen LogP contribution in [0.4, 0.5) is 4.79 Å². The molecule has 1 N–H and O–H groups in total. The second-order valence-electron chi connectivity index (χ2n) is 9.51. The minimum Gasteiger partial charge on any atom is -0.494 e. The summed E-state index contributed by atoms with van der Waals surface area (Å²) in [6, 6.07) is 15.4. The first-order chi connectivity index (χ1) is 14.5. The molecule has 2 amide bonds. The van der Waals surface area contributed by atoms with Gasteiger partial charge in [0.05, 0.1) is 12.3 Å². The molecular weight excluding hydrogens is 372 g/mol. The average molecular weight is 401 g/mol. The SMILES string of the molecule is CCOc1ccc2c(c1)C13NC(=O)N(C(C)C)C1=C1CC3(CCc3ccccc31)C2. The lowest BCUT2D eigenvalue weighted by Crippen LogP contribution is -2.49. The molecule has 0 saturated carbocycles. The van der Waals surface area contributed by atoms with Crippen molar-refractivity contribution in [2.24, 2.45) is 5.41 Å². The minimum atomic E-state index is -0.445. The zero-order chi connectivity index (χ0) is 20.7. The van der Waals surface area contributed by atoms with E-state index in [-0.39, 0.29) is 17.5 Å². The molecule has 2 bridgehead atoms. The van der Waals surface area contributed by atoms with Crippen LogP contribution in [0.2, 0.25) is 0 Å². The van der Waals surface area contributed by atoms with Gasteiger partial charge in [0.2, 0.25) is 0 Å². The Bertz CT molecular complexity index is 1120. The van der Waals surface area contributed by atoms with Crippen molar-refractivity contribution in [3.63, 3.8) is 0 Å². The summed E-state index contributed by atoms with van der Waals surface area (Å²) in [4.78, 5) is 15.4. The monoisotopic (exact) mass is 400 g/mol. The summed E-state index contributed by atoms with van der Waals surface area (Å²) < 4.78 is 5.87. The standard InChI is InChI=1S/C26H28N2O2/c1-4-30-19-10-9-18-14-25-12-11-17-7-5-6-8-20(17)21(15-25)23-26(25,22(18)13-19)27-24(29)28(23)16(2)3/h5-10,13,16H,4,11-12,14-15H2,1-3H3,(H,27,29). The number of aryl methyl sites for hydroxylation is 1. The molecular formula is C26H28N2O2. The summed E-state index contributed by atoms with van der Waals surface area (Å²) in [6.45, 7) is 6.89. The van der Waals surface area contributed by atoms with E-state index in [2.05, 4.69) is 61.6 Å². The van der Waals surface area contributed by atoms with Crippen molar-refractivity contribution in [1.29, 1.82) is 0 Å². The van der Waals surface area contributed by atoms with Gasteiger partial charge in [-0.15, -0.1) is 0 Å². The largest absolute Gasteiger partial charge is 0.494 e. The zero-order valence-corrected chi connectivity index (χ0v) is 17.9. The maximum Gasteiger partial charge on any atom is 0.323 e. The first-order valence-electron chi connectivity index (χ1n) is 11.2. The molecule has 2 aromatic carbocycles. The molecule has 2 spiro atoms. The lowest BCUT2D eigenvalue weighted by atomic mass is 9.68. The van der Waals surface area contributed by atoms with Crippen LogP contribution >= 0.6 is 0 Å². The number of fused-ring (bicyclic) bond motifs is 4. The molecule has 1 aliphatic heterocycles. The molecule has 1 fully saturated rings. The van der Waals surface area contributed by atoms with Crippen LogP contribution in [0.1, 0.15) is 55.9 Å². The molecule has 0 aromatic heterocycles. The normalized spacial score (nSPS) is 28.1. The Balaban J connectivity index is 1.68. The molecule has 1 saturated heterocycles. The van der Waals surface area contributed by atoms with Gasteiger partial charge in [-0.05, 0) is 86.4 Å². The van der Waals surface area contributed by atoms with E-state index in [9.17, 15) is 4.79 Å². The van der Waals surface area contributed by atoms with Crippen LogP contribution in [-0.4, -0.2) is 23.6 Å². The Morgan fingerprint density at radius 1 is 1.13 bits per heavy atom. The van der Waals surface area contributed by atoms with E-state index in [1.807, 2.05) is 11.8 Å². The highest BCUT2D eigenvalue weighted by Gasteiger charge is 2.70. The van der Waals surface area contributed by atoms with Gasteiger partial charge in [0, 0.05) is 11.5 Å². The van der Waals surface area contributed by atoms with Crippen LogP contribution in [0.15, 0.2) is 48.2 Å². The lowest BCUT2D eigenvalue weighted by molar-refractivity contribution is 0.158. The lowest BCUT2D eigenvalue weighted by Gasteiger charge is -2.40. The average Bonchev–Trinajstić information content (AvgIpc) is 3.21. The molecule has 30 heavy (non-hydrogen) atoms. The van der Waals surface area contributed by atoms with E-state index in [0.717, 1.165) is 31.4 Å². The molecule has 3 aliphatic carbocycles. The van der Waals surface area contributed by atoms with Crippen molar-refractivity contribution in [3.05, 3.63) is 70.4 Å². The second-order valence-corrected chi connectivity index (χ2v) is 9.51. The third-order valence-electron chi connectivity index (χ3n) is 7.76. The number of urea groups is 1. The molecule has 6 rings (SSSR count). The van der Waals surface area contributed by atoms with Crippen molar-refractivity contribution in [1.82, 2.24) is 10.2 Å². The van der Waals surface area contributed by atoms with Gasteiger partial charge in [0.15, 0.2) is 0 Å². The molecule has 1 heterocycles. The highest BCUT2D eigenvalue weighted by atomic mass is 16.5. The Labute approximate surface area is 177 Å². The smallest absolute Gasteiger partial charge is 0.323 e. The molecule has 0 radical (unpaired) electrons. The van der Waals surface area contributed by atoms with Crippen molar-refractivity contribution in [3.8, 4) is 5.75 Å². The van der Waals surface area contributed by atoms with Gasteiger partial charge in [-0.2, -0.15) is 0 Å². The fourth-order valence-corrected chi connectivity index (χ4v) is 6.71. The fourth-order valence-electron chi connectivity index (χ4n) is 6.71. The van der Waals surface area contributed by atoms with Crippen molar-refractivity contribution >= 4 is 11.6 Å². The molecule has 2 unspecified atom stereocenters. The summed E-state index contributed by atoms with van der Waals surface area (Å²) in [6.07, 6.45) is 4.14. The molecule has 2 aromatic rings. The molecule has 2 atom stereocenters. The fraction of sp³-hybridized carbons (Fsp3) is 0.423. The van der Waals surface area contributed by atoms with E-state index in [1.165, 1.54) is 33.5 Å². The van der Waals surface area contributed by atoms with Crippen molar-refractivity contribution < 1.29 is 9.53 Å². The Morgan fingerprint density at radius 3 is 2.77 bits per heavy atom. The Morgan fingerprint density at radius 2 is 1.97 bits per heavy atom. The molecule has 4 heteroatoms. The summed E-state index contributed by atoms with van der Waals surface area (Å²) in [7, 11) is 0. The van der Waals surface area contributed by atoms with Gasteiger partial charge in [0.1, 0.15) is 11.3 Å².